The lowest BCUT2D eigenvalue weighted by atomic mass is 10.0. The third kappa shape index (κ3) is 1.62. The molecular formula is C13H15N3. The van der Waals surface area contributed by atoms with Crippen molar-refractivity contribution in [3.8, 4) is 11.4 Å². The first-order valence-corrected chi connectivity index (χ1v) is 5.80. The molecule has 0 saturated carbocycles. The van der Waals surface area contributed by atoms with E-state index in [1.54, 1.807) is 0 Å². The molecule has 0 bridgehead atoms. The number of imidazole rings is 1. The number of fused-ring (bicyclic) bond motifs is 1. The van der Waals surface area contributed by atoms with Gasteiger partial charge in [-0.05, 0) is 24.5 Å². The van der Waals surface area contributed by atoms with Gasteiger partial charge in [-0.2, -0.15) is 0 Å². The van der Waals surface area contributed by atoms with Crippen LogP contribution in [0.3, 0.4) is 0 Å². The van der Waals surface area contributed by atoms with E-state index in [9.17, 15) is 0 Å². The fourth-order valence-corrected chi connectivity index (χ4v) is 2.25. The van der Waals surface area contributed by atoms with Gasteiger partial charge in [0, 0.05) is 25.4 Å². The fourth-order valence-electron chi connectivity index (χ4n) is 2.25. The van der Waals surface area contributed by atoms with Gasteiger partial charge in [0.25, 0.3) is 0 Å². The summed E-state index contributed by atoms with van der Waals surface area (Å²) in [6, 6.07) is 5.95. The Morgan fingerprint density at radius 2 is 2.25 bits per heavy atom. The largest absolute Gasteiger partial charge is 0.334 e. The first-order chi connectivity index (χ1) is 7.83. The molecule has 0 N–H and O–H groups in total. The van der Waals surface area contributed by atoms with Crippen LogP contribution in [-0.4, -0.2) is 14.5 Å². The topological polar surface area (TPSA) is 30.7 Å². The van der Waals surface area contributed by atoms with Gasteiger partial charge in [-0.3, -0.25) is 4.98 Å². The Bertz CT molecular complexity index is 487. The van der Waals surface area contributed by atoms with Crippen molar-refractivity contribution in [1.82, 2.24) is 14.5 Å². The summed E-state index contributed by atoms with van der Waals surface area (Å²) < 4.78 is 2.28. The highest BCUT2D eigenvalue weighted by Gasteiger charge is 2.17. The standard InChI is InChI=1S/C13H15N3/c1-10-5-6-13-15-12(9-16(13)8-10)11-4-2-3-7-14-11/h2-4,7,9-10H,5-6,8H2,1H3. The summed E-state index contributed by atoms with van der Waals surface area (Å²) in [5.41, 5.74) is 1.97. The zero-order valence-corrected chi connectivity index (χ0v) is 9.43. The molecule has 16 heavy (non-hydrogen) atoms. The second-order valence-electron chi connectivity index (χ2n) is 4.55. The van der Waals surface area contributed by atoms with Gasteiger partial charge in [-0.25, -0.2) is 4.98 Å². The molecule has 2 aromatic rings. The molecule has 0 aromatic carbocycles. The van der Waals surface area contributed by atoms with Gasteiger partial charge in [0.15, 0.2) is 0 Å². The normalized spacial score (nSPS) is 19.4. The maximum atomic E-state index is 4.66. The summed E-state index contributed by atoms with van der Waals surface area (Å²) in [6.07, 6.45) is 6.29. The number of hydrogen-bond acceptors (Lipinski definition) is 2. The van der Waals surface area contributed by atoms with E-state index in [-0.39, 0.29) is 0 Å². The Kier molecular flexibility index (Phi) is 2.24. The molecule has 3 nitrogen and oxygen atoms in total. The van der Waals surface area contributed by atoms with Crippen LogP contribution in [0.5, 0.6) is 0 Å². The highest BCUT2D eigenvalue weighted by molar-refractivity contribution is 5.53. The van der Waals surface area contributed by atoms with E-state index >= 15 is 0 Å². The molecule has 1 aliphatic heterocycles. The minimum absolute atomic E-state index is 0.762. The summed E-state index contributed by atoms with van der Waals surface area (Å²) in [7, 11) is 0. The predicted octanol–water partition coefficient (Wildman–Crippen LogP) is 2.53. The molecule has 82 valence electrons. The molecule has 0 amide bonds. The van der Waals surface area contributed by atoms with Crippen LogP contribution in [0.2, 0.25) is 0 Å². The first kappa shape index (κ1) is 9.58. The SMILES string of the molecule is CC1CCc2nc(-c3ccccn3)cn2C1. The van der Waals surface area contributed by atoms with Gasteiger partial charge in [-0.1, -0.05) is 13.0 Å². The van der Waals surface area contributed by atoms with Crippen LogP contribution < -0.4 is 0 Å². The van der Waals surface area contributed by atoms with Crippen molar-refractivity contribution in [2.75, 3.05) is 0 Å². The van der Waals surface area contributed by atoms with Crippen LogP contribution in [0.25, 0.3) is 11.4 Å². The Hall–Kier alpha value is -1.64. The third-order valence-corrected chi connectivity index (χ3v) is 3.16. The van der Waals surface area contributed by atoms with Crippen LogP contribution >= 0.6 is 0 Å². The van der Waals surface area contributed by atoms with Crippen molar-refractivity contribution in [1.29, 1.82) is 0 Å². The molecule has 1 unspecified atom stereocenters. The average molecular weight is 213 g/mol. The number of hydrogen-bond donors (Lipinski definition) is 0. The lowest BCUT2D eigenvalue weighted by Crippen LogP contribution is -2.17. The summed E-state index contributed by atoms with van der Waals surface area (Å²) >= 11 is 0. The van der Waals surface area contributed by atoms with E-state index in [2.05, 4.69) is 27.7 Å². The highest BCUT2D eigenvalue weighted by Crippen LogP contribution is 2.23. The summed E-state index contributed by atoms with van der Waals surface area (Å²) in [6.45, 7) is 3.39. The van der Waals surface area contributed by atoms with E-state index in [1.807, 2.05) is 24.4 Å². The number of pyridine rings is 1. The number of aryl methyl sites for hydroxylation is 1. The van der Waals surface area contributed by atoms with Crippen LogP contribution in [0.4, 0.5) is 0 Å². The third-order valence-electron chi connectivity index (χ3n) is 3.16. The number of aromatic nitrogens is 3. The molecule has 0 saturated heterocycles. The van der Waals surface area contributed by atoms with Gasteiger partial charge in [0.2, 0.25) is 0 Å². The Morgan fingerprint density at radius 3 is 3.06 bits per heavy atom. The van der Waals surface area contributed by atoms with Crippen LogP contribution in [-0.2, 0) is 13.0 Å². The Balaban J connectivity index is 1.99. The van der Waals surface area contributed by atoms with Crippen molar-refractivity contribution in [2.24, 2.45) is 5.92 Å². The Morgan fingerprint density at radius 1 is 1.31 bits per heavy atom. The maximum Gasteiger partial charge on any atom is 0.109 e. The minimum atomic E-state index is 0.762. The van der Waals surface area contributed by atoms with Crippen molar-refractivity contribution in [2.45, 2.75) is 26.3 Å². The summed E-state index contributed by atoms with van der Waals surface area (Å²) in [5.74, 6) is 1.97. The Labute approximate surface area is 95.2 Å². The molecule has 0 radical (unpaired) electrons. The van der Waals surface area contributed by atoms with Crippen molar-refractivity contribution in [3.63, 3.8) is 0 Å². The zero-order chi connectivity index (χ0) is 11.0. The molecule has 3 rings (SSSR count). The summed E-state index contributed by atoms with van der Waals surface area (Å²) in [4.78, 5) is 8.99. The van der Waals surface area contributed by atoms with Gasteiger partial charge < -0.3 is 4.57 Å². The monoisotopic (exact) mass is 213 g/mol. The van der Waals surface area contributed by atoms with Gasteiger partial charge >= 0.3 is 0 Å². The van der Waals surface area contributed by atoms with E-state index in [0.29, 0.717) is 0 Å². The highest BCUT2D eigenvalue weighted by atomic mass is 15.1. The zero-order valence-electron chi connectivity index (χ0n) is 9.43. The van der Waals surface area contributed by atoms with Gasteiger partial charge in [-0.15, -0.1) is 0 Å². The van der Waals surface area contributed by atoms with E-state index < -0.39 is 0 Å². The van der Waals surface area contributed by atoms with Crippen molar-refractivity contribution >= 4 is 0 Å². The van der Waals surface area contributed by atoms with E-state index in [0.717, 1.165) is 30.3 Å². The molecule has 1 aliphatic rings. The van der Waals surface area contributed by atoms with Crippen LogP contribution in [0, 0.1) is 5.92 Å². The first-order valence-electron chi connectivity index (χ1n) is 5.80. The lowest BCUT2D eigenvalue weighted by Gasteiger charge is -2.19. The van der Waals surface area contributed by atoms with Gasteiger partial charge in [0.05, 0.1) is 5.69 Å². The fraction of sp³-hybridized carbons (Fsp3) is 0.385. The molecule has 0 spiro atoms. The van der Waals surface area contributed by atoms with E-state index in [4.69, 9.17) is 0 Å². The second kappa shape index (κ2) is 3.74. The quantitative estimate of drug-likeness (QED) is 0.728. The van der Waals surface area contributed by atoms with Gasteiger partial charge in [0.1, 0.15) is 11.5 Å². The smallest absolute Gasteiger partial charge is 0.109 e. The minimum Gasteiger partial charge on any atom is -0.334 e. The lowest BCUT2D eigenvalue weighted by molar-refractivity contribution is 0.394. The number of nitrogens with zero attached hydrogens (tertiary/aromatic N) is 3. The maximum absolute atomic E-state index is 4.66. The molecular weight excluding hydrogens is 198 g/mol. The van der Waals surface area contributed by atoms with E-state index in [1.165, 1.54) is 12.2 Å². The predicted molar refractivity (Wildman–Crippen MR) is 62.9 cm³/mol. The number of rotatable bonds is 1. The second-order valence-corrected chi connectivity index (χ2v) is 4.55. The van der Waals surface area contributed by atoms with Crippen LogP contribution in [0.1, 0.15) is 19.2 Å². The molecule has 3 heterocycles. The average Bonchev–Trinajstić information content (AvgIpc) is 2.73. The molecule has 0 fully saturated rings. The van der Waals surface area contributed by atoms with Crippen molar-refractivity contribution < 1.29 is 0 Å². The van der Waals surface area contributed by atoms with Crippen molar-refractivity contribution in [3.05, 3.63) is 36.4 Å². The molecule has 1 atom stereocenters. The molecule has 2 aromatic heterocycles. The molecule has 0 aliphatic carbocycles. The summed E-state index contributed by atoms with van der Waals surface area (Å²) in [5, 5.41) is 0. The van der Waals surface area contributed by atoms with Crippen LogP contribution in [0.15, 0.2) is 30.6 Å². The molecule has 3 heteroatoms.